The van der Waals surface area contributed by atoms with Gasteiger partial charge in [0, 0.05) is 31.7 Å². The van der Waals surface area contributed by atoms with Crippen LogP contribution in [-0.4, -0.2) is 95.7 Å². The number of aryl methyl sites for hydroxylation is 1. The van der Waals surface area contributed by atoms with Crippen LogP contribution < -0.4 is 25.3 Å². The zero-order valence-electron chi connectivity index (χ0n) is 38.4. The SMILES string of the molecule is COc1ccc(CN(Cc2ccc(OC)cc2)S(=O)(=O)c2c(S(=O)(=O)CC(C)NC(=O)OC(C)(C)C)ccc(-c3cccc4c3nc(N)n4C)c2-c2nnn(Cc3ccc(OC)cc3)n2)cc1. The van der Waals surface area contributed by atoms with Crippen molar-refractivity contribution in [1.82, 2.24) is 39.4 Å². The van der Waals surface area contributed by atoms with Gasteiger partial charge in [-0.3, -0.25) is 0 Å². The number of hydrogen-bond acceptors (Lipinski definition) is 14. The van der Waals surface area contributed by atoms with Crippen LogP contribution in [0.2, 0.25) is 0 Å². The Kier molecular flexibility index (Phi) is 13.9. The third kappa shape index (κ3) is 10.8. The molecule has 0 aliphatic rings. The molecular weight excluding hydrogens is 899 g/mol. The van der Waals surface area contributed by atoms with E-state index in [4.69, 9.17) is 29.8 Å². The predicted molar refractivity (Wildman–Crippen MR) is 253 cm³/mol. The second kappa shape index (κ2) is 19.4. The first-order valence-corrected chi connectivity index (χ1v) is 24.2. The summed E-state index contributed by atoms with van der Waals surface area (Å²) in [6.45, 7) is 6.23. The zero-order valence-corrected chi connectivity index (χ0v) is 40.1. The number of amides is 1. The van der Waals surface area contributed by atoms with Crippen LogP contribution >= 0.6 is 0 Å². The van der Waals surface area contributed by atoms with E-state index in [0.717, 1.165) is 5.56 Å². The van der Waals surface area contributed by atoms with Crippen LogP contribution in [0.1, 0.15) is 44.4 Å². The van der Waals surface area contributed by atoms with Crippen molar-refractivity contribution >= 4 is 42.9 Å². The number of aromatic nitrogens is 6. The highest BCUT2D eigenvalue weighted by Gasteiger charge is 2.39. The minimum absolute atomic E-state index is 0.119. The van der Waals surface area contributed by atoms with E-state index >= 15 is 16.8 Å². The Morgan fingerprint density at radius 3 is 1.87 bits per heavy atom. The minimum Gasteiger partial charge on any atom is -0.497 e. The van der Waals surface area contributed by atoms with Gasteiger partial charge in [0.05, 0.1) is 55.1 Å². The van der Waals surface area contributed by atoms with E-state index in [1.54, 1.807) is 112 Å². The fourth-order valence-electron chi connectivity index (χ4n) is 7.46. The van der Waals surface area contributed by atoms with Gasteiger partial charge in [-0.2, -0.15) is 9.10 Å². The van der Waals surface area contributed by atoms with E-state index in [-0.39, 0.29) is 42.5 Å². The maximum atomic E-state index is 16.1. The Labute approximate surface area is 389 Å². The number of alkyl carbamates (subject to hydrolysis) is 1. The summed E-state index contributed by atoms with van der Waals surface area (Å²) in [4.78, 5) is 17.6. The molecule has 0 saturated heterocycles. The van der Waals surface area contributed by atoms with Crippen molar-refractivity contribution in [1.29, 1.82) is 0 Å². The molecule has 20 heteroatoms. The molecule has 0 saturated carbocycles. The number of imidazole rings is 1. The average molecular weight is 952 g/mol. The van der Waals surface area contributed by atoms with Crippen LogP contribution in [0.15, 0.2) is 113 Å². The first-order chi connectivity index (χ1) is 31.8. The van der Waals surface area contributed by atoms with Crippen LogP contribution in [0.25, 0.3) is 33.5 Å². The number of anilines is 1. The Morgan fingerprint density at radius 2 is 1.33 bits per heavy atom. The summed E-state index contributed by atoms with van der Waals surface area (Å²) in [5, 5.41) is 16.1. The molecule has 1 unspecified atom stereocenters. The molecule has 2 heterocycles. The second-order valence-corrected chi connectivity index (χ2v) is 20.7. The maximum Gasteiger partial charge on any atom is 0.407 e. The Bertz CT molecular complexity index is 3060. The number of nitrogen functional groups attached to an aromatic ring is 1. The predicted octanol–water partition coefficient (Wildman–Crippen LogP) is 6.63. The number of methoxy groups -OCH3 is 3. The van der Waals surface area contributed by atoms with Gasteiger partial charge < -0.3 is 34.6 Å². The summed E-state index contributed by atoms with van der Waals surface area (Å²) in [7, 11) is -3.22. The fraction of sp³-hybridized carbons (Fsp3) is 0.298. The lowest BCUT2D eigenvalue weighted by atomic mass is 9.98. The van der Waals surface area contributed by atoms with Gasteiger partial charge in [-0.25, -0.2) is 26.6 Å². The maximum absolute atomic E-state index is 16.1. The number of sulfonamides is 1. The number of nitrogens with two attached hydrogens (primary N) is 1. The molecule has 0 bridgehead atoms. The van der Waals surface area contributed by atoms with Crippen LogP contribution in [0.3, 0.4) is 0 Å². The largest absolute Gasteiger partial charge is 0.497 e. The average Bonchev–Trinajstić information content (AvgIpc) is 3.87. The molecular formula is C47H53N9O9S2. The van der Waals surface area contributed by atoms with E-state index in [0.29, 0.717) is 45.0 Å². The van der Waals surface area contributed by atoms with Crippen molar-refractivity contribution in [3.05, 3.63) is 120 Å². The Balaban J connectivity index is 1.50. The van der Waals surface area contributed by atoms with E-state index in [1.165, 1.54) is 42.4 Å². The number of nitrogens with zero attached hydrogens (tertiary/aromatic N) is 7. The number of carbonyl (C=O) groups is 1. The van der Waals surface area contributed by atoms with Crippen LogP contribution in [0.4, 0.5) is 10.7 Å². The topological polar surface area (TPSA) is 225 Å². The highest BCUT2D eigenvalue weighted by atomic mass is 32.2. The summed E-state index contributed by atoms with van der Waals surface area (Å²) in [5.74, 6) is 1.04. The zero-order chi connectivity index (χ0) is 48.3. The number of carbonyl (C=O) groups excluding carboxylic acids is 1. The molecule has 5 aromatic carbocycles. The molecule has 1 atom stereocenters. The molecule has 67 heavy (non-hydrogen) atoms. The fourth-order valence-corrected chi connectivity index (χ4v) is 11.4. The number of fused-ring (bicyclic) bond motifs is 1. The third-order valence-corrected chi connectivity index (χ3v) is 14.7. The number of sulfone groups is 1. The number of nitrogens with one attached hydrogen (secondary N) is 1. The van der Waals surface area contributed by atoms with E-state index < -0.39 is 53.1 Å². The number of rotatable bonds is 17. The molecule has 7 rings (SSSR count). The van der Waals surface area contributed by atoms with Gasteiger partial charge in [0.1, 0.15) is 27.7 Å². The molecule has 18 nitrogen and oxygen atoms in total. The first kappa shape index (κ1) is 47.9. The number of para-hydroxylation sites is 1. The quantitative estimate of drug-likeness (QED) is 0.0978. The highest BCUT2D eigenvalue weighted by Crippen LogP contribution is 2.43. The van der Waals surface area contributed by atoms with Crippen LogP contribution in [-0.2, 0) is 51.3 Å². The summed E-state index contributed by atoms with van der Waals surface area (Å²) in [5.41, 5.74) is 8.93. The molecule has 0 fully saturated rings. The van der Waals surface area contributed by atoms with Crippen molar-refractivity contribution < 1.29 is 40.6 Å². The Morgan fingerprint density at radius 1 is 0.776 bits per heavy atom. The molecule has 0 aliphatic heterocycles. The summed E-state index contributed by atoms with van der Waals surface area (Å²) < 4.78 is 86.7. The molecule has 0 radical (unpaired) electrons. The van der Waals surface area contributed by atoms with Gasteiger partial charge >= 0.3 is 6.09 Å². The van der Waals surface area contributed by atoms with Crippen molar-refractivity contribution in [2.75, 3.05) is 32.8 Å². The van der Waals surface area contributed by atoms with Crippen molar-refractivity contribution in [3.8, 4) is 39.8 Å². The van der Waals surface area contributed by atoms with E-state index in [1.807, 2.05) is 18.2 Å². The van der Waals surface area contributed by atoms with Crippen molar-refractivity contribution in [3.63, 3.8) is 0 Å². The smallest absolute Gasteiger partial charge is 0.407 e. The minimum atomic E-state index is -4.95. The van der Waals surface area contributed by atoms with Crippen molar-refractivity contribution in [2.24, 2.45) is 7.05 Å². The molecule has 0 spiro atoms. The molecule has 0 aliphatic carbocycles. The summed E-state index contributed by atoms with van der Waals surface area (Å²) >= 11 is 0. The van der Waals surface area contributed by atoms with Gasteiger partial charge in [-0.15, -0.1) is 10.2 Å². The highest BCUT2D eigenvalue weighted by molar-refractivity contribution is 7.93. The van der Waals surface area contributed by atoms with Gasteiger partial charge in [0.2, 0.25) is 21.8 Å². The lowest BCUT2D eigenvalue weighted by Crippen LogP contribution is -2.41. The Hall–Kier alpha value is -7.03. The van der Waals surface area contributed by atoms with Gasteiger partial charge in [0.15, 0.2) is 9.84 Å². The molecule has 7 aromatic rings. The van der Waals surface area contributed by atoms with Gasteiger partial charge in [-0.05, 0) is 104 Å². The van der Waals surface area contributed by atoms with E-state index in [9.17, 15) is 4.79 Å². The standard InChI is InChI=1S/C47H53N9O9S2/c1-30(49-46(57)65-47(2,3)4)29-66(58,59)40-25-24-37(38-10-9-11-39-42(38)50-45(48)54(39)5)41(44-51-53-56(52-44)28-33-16-22-36(64-8)23-17-33)43(40)67(60,61)55(26-31-12-18-34(62-6)19-13-31)27-32-14-20-35(63-7)21-15-32/h9-25,30H,26-29H2,1-8H3,(H2,48,50)(H,49,57). The number of hydrogen-bond donors (Lipinski definition) is 2. The normalized spacial score (nSPS) is 12.6. The number of ether oxygens (including phenoxy) is 4. The van der Waals surface area contributed by atoms with Crippen LogP contribution in [0, 0.1) is 0 Å². The molecule has 2 aromatic heterocycles. The monoisotopic (exact) mass is 951 g/mol. The third-order valence-electron chi connectivity index (χ3n) is 10.7. The number of benzene rings is 5. The first-order valence-electron chi connectivity index (χ1n) is 21.1. The number of tetrazole rings is 1. The molecule has 352 valence electrons. The van der Waals surface area contributed by atoms with E-state index in [2.05, 4.69) is 20.6 Å². The lowest BCUT2D eigenvalue weighted by Gasteiger charge is -2.27. The summed E-state index contributed by atoms with van der Waals surface area (Å²) in [6, 6.07) is 28.0. The second-order valence-electron chi connectivity index (χ2n) is 16.8. The summed E-state index contributed by atoms with van der Waals surface area (Å²) in [6.07, 6.45) is -0.843. The molecule has 3 N–H and O–H groups in total. The van der Waals surface area contributed by atoms with Crippen LogP contribution in [0.5, 0.6) is 17.2 Å². The van der Waals surface area contributed by atoms with Gasteiger partial charge in [0.25, 0.3) is 0 Å². The lowest BCUT2D eigenvalue weighted by molar-refractivity contribution is 0.0513. The van der Waals surface area contributed by atoms with Gasteiger partial charge in [-0.1, -0.05) is 54.6 Å². The molecule has 1 amide bonds. The van der Waals surface area contributed by atoms with Crippen molar-refractivity contribution in [2.45, 2.75) is 68.8 Å².